The number of carboxylic acid groups (broad SMARTS) is 1. The van der Waals surface area contributed by atoms with Crippen LogP contribution in [0.1, 0.15) is 155 Å². The van der Waals surface area contributed by atoms with Crippen molar-refractivity contribution in [1.82, 2.24) is 0 Å². The van der Waals surface area contributed by atoms with Gasteiger partial charge in [-0.1, -0.05) is 116 Å². The van der Waals surface area contributed by atoms with Crippen molar-refractivity contribution < 1.29 is 38.3 Å². The van der Waals surface area contributed by atoms with Crippen molar-refractivity contribution >= 4 is 11.9 Å². The molecule has 0 unspecified atom stereocenters. The predicted octanol–water partition coefficient (Wildman–Crippen LogP) is 4.79. The Hall–Kier alpha value is -0.723. The van der Waals surface area contributed by atoms with Crippen LogP contribution in [0.25, 0.3) is 0 Å². The van der Waals surface area contributed by atoms with Gasteiger partial charge in [0.05, 0.1) is 6.26 Å². The van der Waals surface area contributed by atoms with E-state index in [4.69, 9.17) is 4.74 Å². The fraction of sp³-hybridized carbons (Fsp3) is 0.857. The van der Waals surface area contributed by atoms with Crippen molar-refractivity contribution in [2.24, 2.45) is 0 Å². The first-order valence-electron chi connectivity index (χ1n) is 13.7. The third kappa shape index (κ3) is 31.3. The monoisotopic (exact) mass is 458 g/mol. The number of aliphatic carboxylic acids is 1. The third-order valence-corrected chi connectivity index (χ3v) is 6.03. The number of ether oxygens (including phenoxy) is 1. The van der Waals surface area contributed by atoms with Gasteiger partial charge in [0.1, 0.15) is 0 Å². The van der Waals surface area contributed by atoms with E-state index in [1.165, 1.54) is 115 Å². The molecule has 0 rings (SSSR count). The van der Waals surface area contributed by atoms with Crippen LogP contribution in [0.3, 0.4) is 0 Å². The summed E-state index contributed by atoms with van der Waals surface area (Å²) >= 11 is 0. The van der Waals surface area contributed by atoms with Crippen molar-refractivity contribution in [2.45, 2.75) is 155 Å². The summed E-state index contributed by atoms with van der Waals surface area (Å²) in [5.41, 5.74) is 0. The molecule has 0 heterocycles. The molecule has 0 N–H and O–H groups in total. The second-order valence-electron chi connectivity index (χ2n) is 9.24. The minimum absolute atomic E-state index is 0. The molecule has 188 valence electrons. The van der Waals surface area contributed by atoms with Gasteiger partial charge < -0.3 is 14.6 Å². The van der Waals surface area contributed by atoms with E-state index >= 15 is 0 Å². The molecule has 0 aromatic heterocycles. The summed E-state index contributed by atoms with van der Waals surface area (Å²) in [5, 5.41) is 10.3. The van der Waals surface area contributed by atoms with Crippen molar-refractivity contribution in [3.63, 3.8) is 0 Å². The normalized spacial score (nSPS) is 10.9. The van der Waals surface area contributed by atoms with Crippen LogP contribution < -0.4 is 24.0 Å². The molecule has 33 heavy (non-hydrogen) atoms. The quantitative estimate of drug-likeness (QED) is 0.0854. The van der Waals surface area contributed by atoms with Gasteiger partial charge in [0.2, 0.25) is 0 Å². The zero-order chi connectivity index (χ0) is 23.5. The minimum Gasteiger partial charge on any atom is -0.550 e. The number of carbonyl (C=O) groups is 2. The second-order valence-corrected chi connectivity index (χ2v) is 9.24. The topological polar surface area (TPSA) is 66.4 Å². The second kappa shape index (κ2) is 29.3. The summed E-state index contributed by atoms with van der Waals surface area (Å²) in [6.07, 6.45) is 30.4. The minimum atomic E-state index is -1.07. The molecule has 0 saturated heterocycles. The largest absolute Gasteiger partial charge is 1.00 e. The molecule has 0 aromatic rings. The number of unbranched alkanes of at least 4 members (excludes halogenated alkanes) is 19. The Morgan fingerprint density at radius 3 is 1.42 bits per heavy atom. The summed E-state index contributed by atoms with van der Waals surface area (Å²) in [4.78, 5) is 21.7. The molecule has 0 radical (unpaired) electrons. The Labute approximate surface area is 216 Å². The summed E-state index contributed by atoms with van der Waals surface area (Å²) in [6, 6.07) is 0. The van der Waals surface area contributed by atoms with E-state index in [1.807, 2.05) is 6.08 Å². The fourth-order valence-electron chi connectivity index (χ4n) is 3.95. The van der Waals surface area contributed by atoms with Crippen LogP contribution in [-0.2, 0) is 14.3 Å². The van der Waals surface area contributed by atoms with E-state index in [0.29, 0.717) is 12.8 Å². The molecular formula is C28H51LiO4. The van der Waals surface area contributed by atoms with Gasteiger partial charge in [-0.15, -0.1) is 0 Å². The van der Waals surface area contributed by atoms with Crippen LogP contribution in [0, 0.1) is 0 Å². The van der Waals surface area contributed by atoms with E-state index < -0.39 is 5.97 Å². The molecule has 4 nitrogen and oxygen atoms in total. The average molecular weight is 459 g/mol. The third-order valence-electron chi connectivity index (χ3n) is 6.03. The molecule has 0 spiro atoms. The average Bonchev–Trinajstić information content (AvgIpc) is 2.77. The maximum Gasteiger partial charge on any atom is 1.00 e. The van der Waals surface area contributed by atoms with Crippen LogP contribution in [0.2, 0.25) is 0 Å². The molecule has 0 saturated carbocycles. The maximum atomic E-state index is 11.5. The Morgan fingerprint density at radius 1 is 0.606 bits per heavy atom. The molecule has 0 aliphatic rings. The maximum absolute atomic E-state index is 11.5. The van der Waals surface area contributed by atoms with E-state index in [0.717, 1.165) is 12.8 Å². The van der Waals surface area contributed by atoms with Crippen LogP contribution in [0.5, 0.6) is 0 Å². The Kier molecular flexibility index (Phi) is 30.6. The van der Waals surface area contributed by atoms with Crippen LogP contribution in [-0.4, -0.2) is 11.9 Å². The molecule has 0 amide bonds. The van der Waals surface area contributed by atoms with Gasteiger partial charge in [-0.25, -0.2) is 0 Å². The smallest absolute Gasteiger partial charge is 0.550 e. The van der Waals surface area contributed by atoms with Crippen molar-refractivity contribution in [3.05, 3.63) is 12.3 Å². The number of hydrogen-bond acceptors (Lipinski definition) is 4. The Balaban J connectivity index is 0. The summed E-state index contributed by atoms with van der Waals surface area (Å²) in [7, 11) is 0. The van der Waals surface area contributed by atoms with Crippen molar-refractivity contribution in [2.75, 3.05) is 0 Å². The molecular weight excluding hydrogens is 407 g/mol. The summed E-state index contributed by atoms with van der Waals surface area (Å²) in [6.45, 7) is 2.28. The molecule has 0 aromatic carbocycles. The van der Waals surface area contributed by atoms with Crippen LogP contribution in [0.15, 0.2) is 12.3 Å². The van der Waals surface area contributed by atoms with Crippen molar-refractivity contribution in [1.29, 1.82) is 0 Å². The molecule has 0 aliphatic heterocycles. The van der Waals surface area contributed by atoms with Gasteiger partial charge in [-0.2, -0.15) is 0 Å². The van der Waals surface area contributed by atoms with E-state index in [9.17, 15) is 14.7 Å². The standard InChI is InChI=1S/C28H52O4.Li/c1-2-3-4-5-6-7-8-9-10-11-12-13-14-15-16-17-18-19-20-23-26-32-28(31)25-22-21-24-27(29)30;/h23,26H,2-22,24-25H2,1H3,(H,29,30);/q;+1/p-1. The van der Waals surface area contributed by atoms with E-state index in [-0.39, 0.29) is 37.7 Å². The molecule has 0 aliphatic carbocycles. The van der Waals surface area contributed by atoms with Gasteiger partial charge >= 0.3 is 24.8 Å². The van der Waals surface area contributed by atoms with Gasteiger partial charge in [0.15, 0.2) is 0 Å². The van der Waals surface area contributed by atoms with E-state index in [1.54, 1.807) is 0 Å². The number of rotatable bonds is 25. The van der Waals surface area contributed by atoms with Gasteiger partial charge in [-0.05, 0) is 38.2 Å². The SMILES string of the molecule is CCCCCCCCCCCCCCCCCCCCC=COC(=O)CCCCC(=O)[O-].[Li+]. The molecule has 0 fully saturated rings. The zero-order valence-electron chi connectivity index (χ0n) is 22.1. The number of allylic oxidation sites excluding steroid dienone is 1. The number of carbonyl (C=O) groups excluding carboxylic acids is 2. The Bertz CT molecular complexity index is 451. The summed E-state index contributed by atoms with van der Waals surface area (Å²) < 4.78 is 5.00. The van der Waals surface area contributed by atoms with Gasteiger partial charge in [0, 0.05) is 12.4 Å². The van der Waals surface area contributed by atoms with Crippen molar-refractivity contribution in [3.8, 4) is 0 Å². The predicted molar refractivity (Wildman–Crippen MR) is 132 cm³/mol. The number of esters is 1. The first-order valence-corrected chi connectivity index (χ1v) is 13.7. The number of hydrogen-bond donors (Lipinski definition) is 0. The molecule has 5 heteroatoms. The molecule has 0 atom stereocenters. The fourth-order valence-corrected chi connectivity index (χ4v) is 3.95. The van der Waals surface area contributed by atoms with E-state index in [2.05, 4.69) is 6.92 Å². The zero-order valence-corrected chi connectivity index (χ0v) is 22.1. The number of carboxylic acids is 1. The Morgan fingerprint density at radius 2 is 1.00 bits per heavy atom. The van der Waals surface area contributed by atoms with Crippen LogP contribution >= 0.6 is 0 Å². The first-order chi connectivity index (χ1) is 15.7. The van der Waals surface area contributed by atoms with Gasteiger partial charge in [-0.3, -0.25) is 4.79 Å². The van der Waals surface area contributed by atoms with Crippen LogP contribution in [0.4, 0.5) is 0 Å². The molecule has 0 bridgehead atoms. The summed E-state index contributed by atoms with van der Waals surface area (Å²) in [5.74, 6) is -1.36. The van der Waals surface area contributed by atoms with Gasteiger partial charge in [0.25, 0.3) is 0 Å². The first kappa shape index (κ1) is 34.4.